The Bertz CT molecular complexity index is 1190. The van der Waals surface area contributed by atoms with Crippen LogP contribution in [0.3, 0.4) is 0 Å². The first-order valence-electron chi connectivity index (χ1n) is 11.3. The van der Waals surface area contributed by atoms with E-state index in [1.165, 1.54) is 28.6 Å². The Morgan fingerprint density at radius 2 is 1.85 bits per heavy atom. The summed E-state index contributed by atoms with van der Waals surface area (Å²) in [7, 11) is 0. The number of benzene rings is 1. The van der Waals surface area contributed by atoms with Gasteiger partial charge in [0.2, 0.25) is 0 Å². The average Bonchev–Trinajstić information content (AvgIpc) is 3.34. The zero-order valence-corrected chi connectivity index (χ0v) is 19.4. The van der Waals surface area contributed by atoms with Crippen molar-refractivity contribution >= 4 is 23.1 Å². The summed E-state index contributed by atoms with van der Waals surface area (Å²) in [6.45, 7) is 4.47. The number of halogens is 3. The summed E-state index contributed by atoms with van der Waals surface area (Å²) in [6, 6.07) is 8.36. The van der Waals surface area contributed by atoms with Gasteiger partial charge in [-0.25, -0.2) is 4.79 Å². The number of amides is 2. The Kier molecular flexibility index (Phi) is 5.51. The van der Waals surface area contributed by atoms with Crippen LogP contribution in [0, 0.1) is 5.92 Å². The first-order valence-corrected chi connectivity index (χ1v) is 12.1. The highest BCUT2D eigenvalue weighted by Gasteiger charge is 2.38. The molecule has 174 valence electrons. The van der Waals surface area contributed by atoms with Gasteiger partial charge < -0.3 is 14.8 Å². The lowest BCUT2D eigenvalue weighted by atomic mass is 9.94. The number of hydrogen-bond donors (Lipinski definition) is 1. The maximum Gasteiger partial charge on any atom is 0.418 e. The second kappa shape index (κ2) is 8.24. The smallest absolute Gasteiger partial charge is 0.311 e. The zero-order chi connectivity index (χ0) is 23.3. The lowest BCUT2D eigenvalue weighted by Crippen LogP contribution is -2.40. The molecule has 0 spiro atoms. The second-order valence-corrected chi connectivity index (χ2v) is 10.2. The van der Waals surface area contributed by atoms with Crippen LogP contribution in [0.15, 0.2) is 42.6 Å². The van der Waals surface area contributed by atoms with Gasteiger partial charge in [-0.3, -0.25) is 0 Å². The first-order chi connectivity index (χ1) is 15.8. The van der Waals surface area contributed by atoms with Crippen LogP contribution in [-0.2, 0) is 25.6 Å². The van der Waals surface area contributed by atoms with Crippen molar-refractivity contribution in [3.63, 3.8) is 0 Å². The number of alkyl halides is 3. The standard InChI is InChI=1S/C25H26F3N3OS/c1-15(2)22-20-11-7-13-30(20)23-17(16-8-3-6-12-21(16)33-23)14-31(22)24(32)29-19-10-5-4-9-18(19)25(26,27)28/h4-5,7,9-11,13,15,22H,3,6,8,12,14H2,1-2H3,(H,29,32). The molecule has 1 unspecified atom stereocenters. The summed E-state index contributed by atoms with van der Waals surface area (Å²) in [6.07, 6.45) is 1.80. The molecule has 8 heteroatoms. The number of carbonyl (C=O) groups excluding carboxylic acids is 1. The third-order valence-electron chi connectivity index (χ3n) is 6.59. The summed E-state index contributed by atoms with van der Waals surface area (Å²) >= 11 is 1.79. The highest BCUT2D eigenvalue weighted by molar-refractivity contribution is 7.15. The SMILES string of the molecule is CC(C)C1c2cccn2-c2sc3c(c2CN1C(=O)Nc1ccccc1C(F)(F)F)CCCC3. The van der Waals surface area contributed by atoms with Crippen molar-refractivity contribution in [1.82, 2.24) is 9.47 Å². The fraction of sp³-hybridized carbons (Fsp3) is 0.400. The van der Waals surface area contributed by atoms with Crippen molar-refractivity contribution in [2.75, 3.05) is 5.32 Å². The molecule has 0 radical (unpaired) electrons. The molecule has 3 heterocycles. The number of rotatable bonds is 2. The fourth-order valence-electron chi connectivity index (χ4n) is 5.15. The number of fused-ring (bicyclic) bond motifs is 5. The van der Waals surface area contributed by atoms with Gasteiger partial charge in [0.1, 0.15) is 5.00 Å². The number of nitrogens with one attached hydrogen (secondary N) is 1. The molecule has 1 aliphatic carbocycles. The number of anilines is 1. The molecular weight excluding hydrogens is 447 g/mol. The summed E-state index contributed by atoms with van der Waals surface area (Å²) in [4.78, 5) is 16.7. The van der Waals surface area contributed by atoms with E-state index in [0.29, 0.717) is 6.54 Å². The predicted octanol–water partition coefficient (Wildman–Crippen LogP) is 7.18. The molecular formula is C25H26F3N3OS. The molecule has 1 aromatic carbocycles. The topological polar surface area (TPSA) is 37.3 Å². The molecule has 1 atom stereocenters. The lowest BCUT2D eigenvalue weighted by molar-refractivity contribution is -0.136. The molecule has 1 aliphatic heterocycles. The van der Waals surface area contributed by atoms with E-state index in [-0.39, 0.29) is 17.6 Å². The van der Waals surface area contributed by atoms with Gasteiger partial charge in [-0.15, -0.1) is 11.3 Å². The molecule has 5 rings (SSSR count). The first kappa shape index (κ1) is 22.1. The summed E-state index contributed by atoms with van der Waals surface area (Å²) in [5.41, 5.74) is 2.38. The minimum Gasteiger partial charge on any atom is -0.311 e. The molecule has 0 saturated heterocycles. The van der Waals surface area contributed by atoms with E-state index in [2.05, 4.69) is 9.88 Å². The third kappa shape index (κ3) is 3.84. The van der Waals surface area contributed by atoms with Crippen molar-refractivity contribution in [3.8, 4) is 5.00 Å². The molecule has 2 aromatic heterocycles. The van der Waals surface area contributed by atoms with E-state index in [1.54, 1.807) is 16.2 Å². The zero-order valence-electron chi connectivity index (χ0n) is 18.6. The Hall–Kier alpha value is -2.74. The van der Waals surface area contributed by atoms with Crippen molar-refractivity contribution in [2.45, 2.75) is 58.3 Å². The summed E-state index contributed by atoms with van der Waals surface area (Å²) in [5.74, 6) is 0.0760. The van der Waals surface area contributed by atoms with Gasteiger partial charge in [0.25, 0.3) is 0 Å². The Morgan fingerprint density at radius 1 is 1.09 bits per heavy atom. The predicted molar refractivity (Wildman–Crippen MR) is 124 cm³/mol. The van der Waals surface area contributed by atoms with Crippen LogP contribution < -0.4 is 5.32 Å². The van der Waals surface area contributed by atoms with Crippen LogP contribution in [0.4, 0.5) is 23.7 Å². The van der Waals surface area contributed by atoms with Crippen molar-refractivity contribution in [2.24, 2.45) is 5.92 Å². The number of thiophene rings is 1. The molecule has 0 saturated carbocycles. The molecule has 4 nitrogen and oxygen atoms in total. The maximum atomic E-state index is 13.6. The minimum absolute atomic E-state index is 0.0760. The largest absolute Gasteiger partial charge is 0.418 e. The highest BCUT2D eigenvalue weighted by atomic mass is 32.1. The monoisotopic (exact) mass is 473 g/mol. The molecule has 33 heavy (non-hydrogen) atoms. The van der Waals surface area contributed by atoms with Crippen LogP contribution in [0.1, 0.15) is 60.0 Å². The second-order valence-electron chi connectivity index (χ2n) is 9.09. The average molecular weight is 474 g/mol. The molecule has 1 N–H and O–H groups in total. The van der Waals surface area contributed by atoms with E-state index in [0.717, 1.165) is 48.0 Å². The summed E-state index contributed by atoms with van der Waals surface area (Å²) < 4.78 is 42.8. The van der Waals surface area contributed by atoms with E-state index in [9.17, 15) is 18.0 Å². The number of urea groups is 1. The van der Waals surface area contributed by atoms with Gasteiger partial charge in [0.15, 0.2) is 0 Å². The molecule has 2 aliphatic rings. The lowest BCUT2D eigenvalue weighted by Gasteiger charge is -2.34. The van der Waals surface area contributed by atoms with Crippen LogP contribution >= 0.6 is 11.3 Å². The van der Waals surface area contributed by atoms with Gasteiger partial charge in [0, 0.05) is 22.3 Å². The Balaban J connectivity index is 1.59. The van der Waals surface area contributed by atoms with Gasteiger partial charge in [-0.2, -0.15) is 13.2 Å². The minimum atomic E-state index is -4.55. The van der Waals surface area contributed by atoms with Gasteiger partial charge >= 0.3 is 12.2 Å². The van der Waals surface area contributed by atoms with Gasteiger partial charge in [-0.05, 0) is 61.4 Å². The van der Waals surface area contributed by atoms with E-state index < -0.39 is 17.8 Å². The molecule has 3 aromatic rings. The number of para-hydroxylation sites is 1. The Morgan fingerprint density at radius 3 is 2.61 bits per heavy atom. The van der Waals surface area contributed by atoms with Crippen molar-refractivity contribution < 1.29 is 18.0 Å². The van der Waals surface area contributed by atoms with Gasteiger partial charge in [-0.1, -0.05) is 26.0 Å². The van der Waals surface area contributed by atoms with Crippen LogP contribution in [0.25, 0.3) is 5.00 Å². The summed E-state index contributed by atoms with van der Waals surface area (Å²) in [5, 5.41) is 3.72. The van der Waals surface area contributed by atoms with E-state index in [1.807, 2.05) is 32.2 Å². The number of carbonyl (C=O) groups is 1. The number of aromatic nitrogens is 1. The van der Waals surface area contributed by atoms with Crippen molar-refractivity contribution in [1.29, 1.82) is 0 Å². The highest BCUT2D eigenvalue weighted by Crippen LogP contribution is 2.44. The number of aryl methyl sites for hydroxylation is 1. The number of nitrogens with zero attached hydrogens (tertiary/aromatic N) is 2. The van der Waals surface area contributed by atoms with Crippen LogP contribution in [0.5, 0.6) is 0 Å². The van der Waals surface area contributed by atoms with Crippen molar-refractivity contribution in [3.05, 3.63) is 69.9 Å². The van der Waals surface area contributed by atoms with E-state index in [4.69, 9.17) is 0 Å². The molecule has 2 amide bonds. The van der Waals surface area contributed by atoms with Crippen LogP contribution in [-0.4, -0.2) is 15.5 Å². The van der Waals surface area contributed by atoms with Crippen LogP contribution in [0.2, 0.25) is 0 Å². The third-order valence-corrected chi connectivity index (χ3v) is 7.93. The quantitative estimate of drug-likeness (QED) is 0.421. The normalized spacial score (nSPS) is 17.9. The fourth-order valence-corrected chi connectivity index (χ4v) is 6.55. The molecule has 0 bridgehead atoms. The number of hydrogen-bond acceptors (Lipinski definition) is 2. The van der Waals surface area contributed by atoms with Gasteiger partial charge in [0.05, 0.1) is 23.8 Å². The Labute approximate surface area is 195 Å². The molecule has 0 fully saturated rings. The van der Waals surface area contributed by atoms with E-state index >= 15 is 0 Å². The maximum absolute atomic E-state index is 13.6.